The van der Waals surface area contributed by atoms with E-state index in [1.807, 2.05) is 0 Å². The lowest BCUT2D eigenvalue weighted by atomic mass is 10.3. The van der Waals surface area contributed by atoms with Gasteiger partial charge in [0.1, 0.15) is 23.7 Å². The molecule has 1 rings (SSSR count). The third-order valence-corrected chi connectivity index (χ3v) is 1.70. The van der Waals surface area contributed by atoms with E-state index in [1.165, 1.54) is 7.05 Å². The molecule has 16 heavy (non-hydrogen) atoms. The van der Waals surface area contributed by atoms with Crippen LogP contribution in [0, 0.1) is 11.6 Å². The summed E-state index contributed by atoms with van der Waals surface area (Å²) in [5.74, 6) is -1.94. The van der Waals surface area contributed by atoms with Crippen molar-refractivity contribution in [3.05, 3.63) is 29.8 Å². The lowest BCUT2D eigenvalue weighted by Crippen LogP contribution is -2.31. The number of carbonyl (C=O) groups excluding carboxylic acids is 2. The maximum Gasteiger partial charge on any atom is 0.415 e. The van der Waals surface area contributed by atoms with Gasteiger partial charge in [-0.3, -0.25) is 0 Å². The zero-order chi connectivity index (χ0) is 12.1. The molecule has 0 atom stereocenters. The fourth-order valence-electron chi connectivity index (χ4n) is 0.953. The van der Waals surface area contributed by atoms with Crippen LogP contribution in [0.1, 0.15) is 0 Å². The van der Waals surface area contributed by atoms with E-state index in [0.29, 0.717) is 12.4 Å². The molecule has 0 bridgehead atoms. The van der Waals surface area contributed by atoms with Gasteiger partial charge in [0.2, 0.25) is 0 Å². The largest absolute Gasteiger partial charge is 0.415 e. The Morgan fingerprint density at radius 3 is 2.44 bits per heavy atom. The summed E-state index contributed by atoms with van der Waals surface area (Å²) >= 11 is 0. The molecule has 0 aromatic heterocycles. The molecule has 0 unspecified atom stereocenters. The zero-order valence-corrected chi connectivity index (χ0v) is 8.44. The number of nitrogens with zero attached hydrogens (tertiary/aromatic N) is 1. The molecule has 0 aliphatic heterocycles. The van der Waals surface area contributed by atoms with E-state index in [2.05, 4.69) is 4.74 Å². The number of hydrogen-bond acceptors (Lipinski definition) is 3. The van der Waals surface area contributed by atoms with Crippen molar-refractivity contribution in [1.29, 1.82) is 0 Å². The summed E-state index contributed by atoms with van der Waals surface area (Å²) in [6.07, 6.45) is -0.356. The van der Waals surface area contributed by atoms with Crippen molar-refractivity contribution in [3.63, 3.8) is 0 Å². The van der Waals surface area contributed by atoms with Gasteiger partial charge in [0.05, 0.1) is 6.54 Å². The van der Waals surface area contributed by atoms with Crippen LogP contribution in [0.5, 0.6) is 5.75 Å². The van der Waals surface area contributed by atoms with Gasteiger partial charge in [-0.1, -0.05) is 0 Å². The summed E-state index contributed by atoms with van der Waals surface area (Å²) in [4.78, 5) is 22.3. The van der Waals surface area contributed by atoms with Crippen LogP contribution in [0.3, 0.4) is 0 Å². The Kier molecular flexibility index (Phi) is 3.93. The van der Waals surface area contributed by atoms with E-state index in [-0.39, 0.29) is 12.3 Å². The van der Waals surface area contributed by atoms with Crippen LogP contribution in [0.15, 0.2) is 18.2 Å². The summed E-state index contributed by atoms with van der Waals surface area (Å²) in [7, 11) is 1.33. The van der Waals surface area contributed by atoms with Crippen LogP contribution in [0.2, 0.25) is 0 Å². The first kappa shape index (κ1) is 12.1. The number of halogens is 2. The highest BCUT2D eigenvalue weighted by molar-refractivity contribution is 5.73. The fraction of sp³-hybridized carbons (Fsp3) is 0.200. The van der Waals surface area contributed by atoms with Gasteiger partial charge in [-0.2, -0.15) is 0 Å². The van der Waals surface area contributed by atoms with E-state index in [1.54, 1.807) is 0 Å². The average Bonchev–Trinajstić information content (AvgIpc) is 2.16. The molecule has 0 saturated carbocycles. The van der Waals surface area contributed by atoms with Crippen molar-refractivity contribution in [1.82, 2.24) is 4.90 Å². The molecule has 1 aromatic rings. The minimum atomic E-state index is -0.864. The summed E-state index contributed by atoms with van der Waals surface area (Å²) in [6, 6.07) is 2.40. The van der Waals surface area contributed by atoms with Gasteiger partial charge in [-0.05, 0) is 0 Å². The number of rotatable bonds is 3. The maximum atomic E-state index is 12.7. The molecule has 1 aromatic carbocycles. The maximum absolute atomic E-state index is 12.7. The van der Waals surface area contributed by atoms with Crippen LogP contribution >= 0.6 is 0 Å². The molecule has 4 nitrogen and oxygen atoms in total. The number of benzene rings is 1. The van der Waals surface area contributed by atoms with Crippen LogP contribution in [-0.2, 0) is 4.79 Å². The van der Waals surface area contributed by atoms with Crippen molar-refractivity contribution in [2.45, 2.75) is 0 Å². The fourth-order valence-corrected chi connectivity index (χ4v) is 0.953. The number of carbonyl (C=O) groups is 2. The quantitative estimate of drug-likeness (QED) is 0.739. The van der Waals surface area contributed by atoms with Crippen molar-refractivity contribution in [2.24, 2.45) is 0 Å². The first-order valence-electron chi connectivity index (χ1n) is 4.35. The Morgan fingerprint density at radius 2 is 1.94 bits per heavy atom. The predicted octanol–water partition coefficient (Wildman–Crippen LogP) is 1.59. The van der Waals surface area contributed by atoms with Crippen molar-refractivity contribution in [2.75, 3.05) is 13.6 Å². The van der Waals surface area contributed by atoms with Gasteiger partial charge in [0, 0.05) is 25.2 Å². The molecular weight excluding hydrogens is 220 g/mol. The van der Waals surface area contributed by atoms with Gasteiger partial charge >= 0.3 is 6.09 Å². The summed E-state index contributed by atoms with van der Waals surface area (Å²) in [6.45, 7) is -0.156. The van der Waals surface area contributed by atoms with E-state index in [4.69, 9.17) is 0 Å². The molecule has 0 aliphatic rings. The molecule has 0 N–H and O–H groups in total. The standard InChI is InChI=1S/C10H9F2NO3/c1-13(2-3-14)10(15)16-9-5-7(11)4-8(12)6-9/h3-6H,2H2,1H3. The molecule has 0 saturated heterocycles. The van der Waals surface area contributed by atoms with Gasteiger partial charge in [0.15, 0.2) is 0 Å². The molecule has 0 spiro atoms. The molecule has 6 heteroatoms. The normalized spacial score (nSPS) is 9.69. The van der Waals surface area contributed by atoms with E-state index < -0.39 is 17.7 Å². The van der Waals surface area contributed by atoms with Gasteiger partial charge < -0.3 is 14.4 Å². The Morgan fingerprint density at radius 1 is 1.38 bits per heavy atom. The number of ether oxygens (including phenoxy) is 1. The minimum Gasteiger partial charge on any atom is -0.410 e. The highest BCUT2D eigenvalue weighted by atomic mass is 19.1. The third kappa shape index (κ3) is 3.30. The number of aldehydes is 1. The number of hydrogen-bond donors (Lipinski definition) is 0. The Balaban J connectivity index is 2.72. The lowest BCUT2D eigenvalue weighted by molar-refractivity contribution is -0.108. The molecule has 0 heterocycles. The zero-order valence-electron chi connectivity index (χ0n) is 8.44. The first-order chi connectivity index (χ1) is 7.52. The Labute approximate surface area is 90.4 Å². The smallest absolute Gasteiger partial charge is 0.410 e. The van der Waals surface area contributed by atoms with E-state index in [9.17, 15) is 18.4 Å². The Hall–Kier alpha value is -1.98. The predicted molar refractivity (Wildman–Crippen MR) is 51.1 cm³/mol. The molecule has 0 fully saturated rings. The second-order valence-electron chi connectivity index (χ2n) is 3.02. The van der Waals surface area contributed by atoms with Crippen molar-refractivity contribution in [3.8, 4) is 5.75 Å². The van der Waals surface area contributed by atoms with Crippen molar-refractivity contribution >= 4 is 12.4 Å². The highest BCUT2D eigenvalue weighted by Crippen LogP contribution is 2.15. The van der Waals surface area contributed by atoms with E-state index in [0.717, 1.165) is 17.0 Å². The SMILES string of the molecule is CN(CC=O)C(=O)Oc1cc(F)cc(F)c1. The van der Waals surface area contributed by atoms with E-state index >= 15 is 0 Å². The number of likely N-dealkylation sites (N-methyl/N-ethyl adjacent to an activating group) is 1. The van der Waals surface area contributed by atoms with Crippen LogP contribution < -0.4 is 4.74 Å². The lowest BCUT2D eigenvalue weighted by Gasteiger charge is -2.13. The molecule has 0 aliphatic carbocycles. The van der Waals surface area contributed by atoms with Crippen molar-refractivity contribution < 1.29 is 23.1 Å². The monoisotopic (exact) mass is 229 g/mol. The average molecular weight is 229 g/mol. The first-order valence-corrected chi connectivity index (χ1v) is 4.35. The number of amides is 1. The van der Waals surface area contributed by atoms with Crippen LogP contribution in [-0.4, -0.2) is 30.9 Å². The topological polar surface area (TPSA) is 46.6 Å². The highest BCUT2D eigenvalue weighted by Gasteiger charge is 2.11. The molecule has 86 valence electrons. The summed E-state index contributed by atoms with van der Waals surface area (Å²) in [5.41, 5.74) is 0. The van der Waals surface area contributed by atoms with Gasteiger partial charge in [-0.15, -0.1) is 0 Å². The Bertz CT molecular complexity index is 389. The van der Waals surface area contributed by atoms with Gasteiger partial charge in [-0.25, -0.2) is 13.6 Å². The minimum absolute atomic E-state index is 0.156. The van der Waals surface area contributed by atoms with Crippen LogP contribution in [0.25, 0.3) is 0 Å². The third-order valence-electron chi connectivity index (χ3n) is 1.70. The van der Waals surface area contributed by atoms with Gasteiger partial charge in [0.25, 0.3) is 0 Å². The summed E-state index contributed by atoms with van der Waals surface area (Å²) in [5, 5.41) is 0. The second kappa shape index (κ2) is 5.20. The molecular formula is C10H9F2NO3. The second-order valence-corrected chi connectivity index (χ2v) is 3.02. The van der Waals surface area contributed by atoms with Crippen LogP contribution in [0.4, 0.5) is 13.6 Å². The molecule has 1 amide bonds. The molecule has 0 radical (unpaired) electrons. The summed E-state index contributed by atoms with van der Waals surface area (Å²) < 4.78 is 30.1.